The summed E-state index contributed by atoms with van der Waals surface area (Å²) in [6.07, 6.45) is 3.47. The van der Waals surface area contributed by atoms with Gasteiger partial charge in [-0.05, 0) is 13.0 Å². The molecule has 0 aromatic carbocycles. The average molecular weight is 219 g/mol. The van der Waals surface area contributed by atoms with Crippen molar-refractivity contribution in [2.24, 2.45) is 0 Å². The van der Waals surface area contributed by atoms with Crippen molar-refractivity contribution in [3.8, 4) is 17.2 Å². The van der Waals surface area contributed by atoms with Gasteiger partial charge in [0.1, 0.15) is 8.07 Å². The smallest absolute Gasteiger partial charge is 0.153 e. The van der Waals surface area contributed by atoms with Crippen molar-refractivity contribution < 1.29 is 4.74 Å². The Labute approximate surface area is 92.7 Å². The molecule has 0 aliphatic rings. The fourth-order valence-electron chi connectivity index (χ4n) is 1.01. The van der Waals surface area contributed by atoms with E-state index in [9.17, 15) is 0 Å². The summed E-state index contributed by atoms with van der Waals surface area (Å²) in [5.41, 5.74) is 4.26. The van der Waals surface area contributed by atoms with E-state index in [1.54, 1.807) is 12.4 Å². The van der Waals surface area contributed by atoms with Crippen LogP contribution in [0.2, 0.25) is 19.6 Å². The van der Waals surface area contributed by atoms with Gasteiger partial charge >= 0.3 is 0 Å². The van der Waals surface area contributed by atoms with Crippen LogP contribution in [0.1, 0.15) is 12.5 Å². The lowest BCUT2D eigenvalue weighted by Crippen LogP contribution is -2.16. The quantitative estimate of drug-likeness (QED) is 0.563. The van der Waals surface area contributed by atoms with Gasteiger partial charge in [-0.1, -0.05) is 25.6 Å². The summed E-state index contributed by atoms with van der Waals surface area (Å²) in [4.78, 5) is 4.03. The van der Waals surface area contributed by atoms with E-state index in [1.807, 2.05) is 13.0 Å². The average Bonchev–Trinajstić information content (AvgIpc) is 2.16. The number of ether oxygens (including phenoxy) is 1. The highest BCUT2D eigenvalue weighted by Gasteiger charge is 2.08. The minimum absolute atomic E-state index is 0.646. The van der Waals surface area contributed by atoms with Crippen molar-refractivity contribution in [2.45, 2.75) is 26.6 Å². The van der Waals surface area contributed by atoms with Gasteiger partial charge in [-0.2, -0.15) is 0 Å². The van der Waals surface area contributed by atoms with E-state index in [0.717, 1.165) is 11.3 Å². The summed E-state index contributed by atoms with van der Waals surface area (Å²) in [6.45, 7) is 9.28. The third kappa shape index (κ3) is 4.18. The molecule has 2 nitrogen and oxygen atoms in total. The van der Waals surface area contributed by atoms with Crippen molar-refractivity contribution >= 4 is 8.07 Å². The SMILES string of the molecule is CCOc1cnccc1C#C[Si](C)(C)C. The molecule has 1 aromatic heterocycles. The topological polar surface area (TPSA) is 22.1 Å². The first-order chi connectivity index (χ1) is 7.03. The van der Waals surface area contributed by atoms with E-state index in [0.29, 0.717) is 6.61 Å². The molecule has 3 heteroatoms. The third-order valence-corrected chi connectivity index (χ3v) is 2.53. The molecule has 0 aliphatic heterocycles. The number of hydrogen-bond acceptors (Lipinski definition) is 2. The number of rotatable bonds is 2. The van der Waals surface area contributed by atoms with Crippen LogP contribution < -0.4 is 4.74 Å². The molecule has 0 N–H and O–H groups in total. The Morgan fingerprint density at radius 3 is 2.73 bits per heavy atom. The lowest BCUT2D eigenvalue weighted by Gasteiger charge is -2.06. The van der Waals surface area contributed by atoms with Gasteiger partial charge in [0, 0.05) is 6.20 Å². The number of nitrogens with zero attached hydrogens (tertiary/aromatic N) is 1. The molecule has 0 unspecified atom stereocenters. The molecule has 0 aliphatic carbocycles. The van der Waals surface area contributed by atoms with Crippen molar-refractivity contribution in [1.29, 1.82) is 0 Å². The molecule has 0 saturated heterocycles. The lowest BCUT2D eigenvalue weighted by molar-refractivity contribution is 0.338. The monoisotopic (exact) mass is 219 g/mol. The molecule has 0 bridgehead atoms. The Balaban J connectivity index is 2.97. The first-order valence-corrected chi connectivity index (χ1v) is 8.63. The number of hydrogen-bond donors (Lipinski definition) is 0. The van der Waals surface area contributed by atoms with Gasteiger partial charge in [-0.3, -0.25) is 4.98 Å². The van der Waals surface area contributed by atoms with E-state index in [2.05, 4.69) is 36.1 Å². The molecule has 0 amide bonds. The zero-order valence-electron chi connectivity index (χ0n) is 9.79. The van der Waals surface area contributed by atoms with Gasteiger partial charge < -0.3 is 4.74 Å². The van der Waals surface area contributed by atoms with Crippen LogP contribution in [-0.4, -0.2) is 19.7 Å². The molecule has 80 valence electrons. The van der Waals surface area contributed by atoms with E-state index in [1.165, 1.54) is 0 Å². The number of pyridine rings is 1. The minimum atomic E-state index is -1.32. The normalized spacial score (nSPS) is 10.4. The van der Waals surface area contributed by atoms with Gasteiger partial charge in [-0.25, -0.2) is 0 Å². The second kappa shape index (κ2) is 4.99. The Hall–Kier alpha value is -1.27. The molecule has 1 aromatic rings. The van der Waals surface area contributed by atoms with Crippen LogP contribution in [0.3, 0.4) is 0 Å². The maximum Gasteiger partial charge on any atom is 0.153 e. The predicted molar refractivity (Wildman–Crippen MR) is 65.6 cm³/mol. The minimum Gasteiger partial charge on any atom is -0.491 e. The van der Waals surface area contributed by atoms with Crippen molar-refractivity contribution in [1.82, 2.24) is 4.98 Å². The van der Waals surface area contributed by atoms with E-state index in [4.69, 9.17) is 4.74 Å². The van der Waals surface area contributed by atoms with Gasteiger partial charge in [0.15, 0.2) is 5.75 Å². The molecular formula is C12H17NOSi. The Morgan fingerprint density at radius 1 is 1.40 bits per heavy atom. The summed E-state index contributed by atoms with van der Waals surface area (Å²) < 4.78 is 5.45. The molecule has 0 fully saturated rings. The first-order valence-electron chi connectivity index (χ1n) is 5.13. The predicted octanol–water partition coefficient (Wildman–Crippen LogP) is 2.71. The molecule has 0 atom stereocenters. The summed E-state index contributed by atoms with van der Waals surface area (Å²) in [5.74, 6) is 3.97. The van der Waals surface area contributed by atoms with E-state index >= 15 is 0 Å². The van der Waals surface area contributed by atoms with Gasteiger partial charge in [0.05, 0.1) is 18.4 Å². The summed E-state index contributed by atoms with van der Waals surface area (Å²) in [5, 5.41) is 0. The zero-order chi connectivity index (χ0) is 11.3. The van der Waals surface area contributed by atoms with Crippen LogP contribution in [0, 0.1) is 11.5 Å². The summed E-state index contributed by atoms with van der Waals surface area (Å²) in [6, 6.07) is 1.90. The van der Waals surface area contributed by atoms with Crippen LogP contribution >= 0.6 is 0 Å². The maximum absolute atomic E-state index is 5.45. The lowest BCUT2D eigenvalue weighted by atomic mass is 10.2. The second-order valence-electron chi connectivity index (χ2n) is 4.30. The van der Waals surface area contributed by atoms with Crippen molar-refractivity contribution in [2.75, 3.05) is 6.61 Å². The first kappa shape index (κ1) is 11.8. The molecule has 0 saturated carbocycles. The van der Waals surface area contributed by atoms with Crippen LogP contribution in [0.5, 0.6) is 5.75 Å². The largest absolute Gasteiger partial charge is 0.491 e. The van der Waals surface area contributed by atoms with E-state index in [-0.39, 0.29) is 0 Å². The highest BCUT2D eigenvalue weighted by atomic mass is 28.3. The Kier molecular flexibility index (Phi) is 3.93. The van der Waals surface area contributed by atoms with E-state index < -0.39 is 8.07 Å². The molecular weight excluding hydrogens is 202 g/mol. The highest BCUT2D eigenvalue weighted by Crippen LogP contribution is 2.15. The number of aromatic nitrogens is 1. The maximum atomic E-state index is 5.45. The van der Waals surface area contributed by atoms with Gasteiger partial charge in [0.25, 0.3) is 0 Å². The van der Waals surface area contributed by atoms with Crippen molar-refractivity contribution in [3.63, 3.8) is 0 Å². The summed E-state index contributed by atoms with van der Waals surface area (Å²) in [7, 11) is -1.32. The van der Waals surface area contributed by atoms with Crippen LogP contribution in [0.4, 0.5) is 0 Å². The molecule has 0 radical (unpaired) electrons. The van der Waals surface area contributed by atoms with Crippen LogP contribution in [-0.2, 0) is 0 Å². The zero-order valence-corrected chi connectivity index (χ0v) is 10.8. The fraction of sp³-hybridized carbons (Fsp3) is 0.417. The molecule has 15 heavy (non-hydrogen) atoms. The van der Waals surface area contributed by atoms with Crippen molar-refractivity contribution in [3.05, 3.63) is 24.0 Å². The third-order valence-electron chi connectivity index (χ3n) is 1.66. The Morgan fingerprint density at radius 2 is 2.13 bits per heavy atom. The standard InChI is InChI=1S/C12H17NOSi/c1-5-14-12-10-13-8-6-11(12)7-9-15(2,3)4/h6,8,10H,5H2,1-4H3. The highest BCUT2D eigenvalue weighted by molar-refractivity contribution is 6.83. The van der Waals surface area contributed by atoms with Gasteiger partial charge in [0.2, 0.25) is 0 Å². The second-order valence-corrected chi connectivity index (χ2v) is 9.05. The van der Waals surface area contributed by atoms with Crippen LogP contribution in [0.25, 0.3) is 0 Å². The Bertz CT molecular complexity index is 385. The van der Waals surface area contributed by atoms with Gasteiger partial charge in [-0.15, -0.1) is 5.54 Å². The molecule has 0 spiro atoms. The fourth-order valence-corrected chi connectivity index (χ4v) is 1.52. The molecule has 1 heterocycles. The summed E-state index contributed by atoms with van der Waals surface area (Å²) >= 11 is 0. The van der Waals surface area contributed by atoms with Crippen LogP contribution in [0.15, 0.2) is 18.5 Å². The molecule has 1 rings (SSSR count).